The molecule has 0 radical (unpaired) electrons. The van der Waals surface area contributed by atoms with E-state index in [-0.39, 0.29) is 0 Å². The fraction of sp³-hybridized carbons (Fsp3) is 0.533. The van der Waals surface area contributed by atoms with Crippen LogP contribution in [0, 0.1) is 12.8 Å². The van der Waals surface area contributed by atoms with Crippen molar-refractivity contribution in [1.29, 1.82) is 0 Å². The van der Waals surface area contributed by atoms with Crippen molar-refractivity contribution < 1.29 is 4.79 Å². The molecule has 0 bridgehead atoms. The van der Waals surface area contributed by atoms with Gasteiger partial charge in [0.2, 0.25) is 0 Å². The summed E-state index contributed by atoms with van der Waals surface area (Å²) in [6.07, 6.45) is 5.55. The van der Waals surface area contributed by atoms with E-state index in [9.17, 15) is 4.79 Å². The fourth-order valence-corrected chi connectivity index (χ4v) is 1.37. The quantitative estimate of drug-likeness (QED) is 0.672. The second-order valence-corrected chi connectivity index (χ2v) is 4.10. The van der Waals surface area contributed by atoms with Gasteiger partial charge in [-0.1, -0.05) is 62.6 Å². The number of hydrogen-bond acceptors (Lipinski definition) is 1. The third-order valence-corrected chi connectivity index (χ3v) is 2.59. The summed E-state index contributed by atoms with van der Waals surface area (Å²) < 4.78 is 0. The minimum Gasteiger partial charge on any atom is -0.303 e. The lowest BCUT2D eigenvalue weighted by Gasteiger charge is -2.03. The lowest BCUT2D eigenvalue weighted by molar-refractivity contribution is -0.111. The maximum atomic E-state index is 10.2. The van der Waals surface area contributed by atoms with Crippen LogP contribution in [0.25, 0.3) is 0 Å². The Kier molecular flexibility index (Phi) is 9.69. The molecule has 0 fully saturated rings. The Morgan fingerprint density at radius 3 is 2.12 bits per heavy atom. The van der Waals surface area contributed by atoms with E-state index in [0.29, 0.717) is 5.92 Å². The van der Waals surface area contributed by atoms with Crippen LogP contribution >= 0.6 is 0 Å². The first-order valence-electron chi connectivity index (χ1n) is 6.21. The van der Waals surface area contributed by atoms with Gasteiger partial charge in [0.05, 0.1) is 0 Å². The zero-order chi connectivity index (χ0) is 12.2. The Hall–Kier alpha value is -1.11. The zero-order valence-corrected chi connectivity index (χ0v) is 10.8. The van der Waals surface area contributed by atoms with Crippen molar-refractivity contribution in [2.24, 2.45) is 5.92 Å². The van der Waals surface area contributed by atoms with E-state index in [4.69, 9.17) is 0 Å². The van der Waals surface area contributed by atoms with Gasteiger partial charge >= 0.3 is 0 Å². The largest absolute Gasteiger partial charge is 0.303 e. The Balaban J connectivity index is 0.000000288. The number of unbranched alkanes of at least 4 members (excludes halogenated alkanes) is 1. The zero-order valence-electron chi connectivity index (χ0n) is 10.8. The molecule has 1 aromatic carbocycles. The fourth-order valence-electron chi connectivity index (χ4n) is 1.37. The summed E-state index contributed by atoms with van der Waals surface area (Å²) in [5.41, 5.74) is 1.32. The van der Waals surface area contributed by atoms with E-state index in [2.05, 4.69) is 32.9 Å². The average Bonchev–Trinajstić information content (AvgIpc) is 2.32. The van der Waals surface area contributed by atoms with Crippen LogP contribution in [0.5, 0.6) is 0 Å². The van der Waals surface area contributed by atoms with Crippen molar-refractivity contribution in [3.8, 4) is 0 Å². The molecule has 1 nitrogen and oxygen atoms in total. The van der Waals surface area contributed by atoms with E-state index < -0.39 is 0 Å². The van der Waals surface area contributed by atoms with Gasteiger partial charge < -0.3 is 4.79 Å². The first-order chi connectivity index (χ1) is 7.74. The van der Waals surface area contributed by atoms with Crippen molar-refractivity contribution >= 4 is 6.29 Å². The van der Waals surface area contributed by atoms with E-state index in [1.54, 1.807) is 0 Å². The summed E-state index contributed by atoms with van der Waals surface area (Å²) in [4.78, 5) is 10.2. The molecule has 1 rings (SSSR count). The van der Waals surface area contributed by atoms with Crippen molar-refractivity contribution in [3.63, 3.8) is 0 Å². The number of benzene rings is 1. The molecule has 16 heavy (non-hydrogen) atoms. The topological polar surface area (TPSA) is 17.1 Å². The van der Waals surface area contributed by atoms with E-state index in [0.717, 1.165) is 19.1 Å². The Bertz CT molecular complexity index is 253. The van der Waals surface area contributed by atoms with E-state index >= 15 is 0 Å². The Morgan fingerprint density at radius 2 is 1.81 bits per heavy atom. The predicted octanol–water partition coefficient (Wildman–Crippen LogP) is 4.40. The number of rotatable bonds is 5. The lowest BCUT2D eigenvalue weighted by Crippen LogP contribution is -1.98. The number of carbonyl (C=O) groups excluding carboxylic acids is 1. The molecule has 0 saturated heterocycles. The molecule has 0 aliphatic carbocycles. The smallest absolute Gasteiger partial charge is 0.123 e. The van der Waals surface area contributed by atoms with Crippen LogP contribution in [0.3, 0.4) is 0 Å². The molecule has 0 heterocycles. The van der Waals surface area contributed by atoms with Crippen molar-refractivity contribution in [2.75, 3.05) is 0 Å². The first kappa shape index (κ1) is 14.9. The van der Waals surface area contributed by atoms with Crippen LogP contribution in [-0.4, -0.2) is 6.29 Å². The summed E-state index contributed by atoms with van der Waals surface area (Å²) >= 11 is 0. The molecule has 90 valence electrons. The van der Waals surface area contributed by atoms with Crippen LogP contribution < -0.4 is 0 Å². The van der Waals surface area contributed by atoms with Crippen LogP contribution in [0.15, 0.2) is 30.3 Å². The molecule has 0 N–H and O–H groups in total. The van der Waals surface area contributed by atoms with Gasteiger partial charge in [0.25, 0.3) is 0 Å². The maximum Gasteiger partial charge on any atom is 0.123 e. The van der Waals surface area contributed by atoms with Gasteiger partial charge in [0.15, 0.2) is 0 Å². The summed E-state index contributed by atoms with van der Waals surface area (Å²) in [5, 5.41) is 0. The van der Waals surface area contributed by atoms with E-state index in [1.807, 2.05) is 18.2 Å². The van der Waals surface area contributed by atoms with Gasteiger partial charge in [-0.2, -0.15) is 0 Å². The predicted molar refractivity (Wildman–Crippen MR) is 70.5 cm³/mol. The van der Waals surface area contributed by atoms with Gasteiger partial charge in [0, 0.05) is 5.92 Å². The second kappa shape index (κ2) is 10.4. The lowest BCUT2D eigenvalue weighted by atomic mass is 10.0. The van der Waals surface area contributed by atoms with Crippen LogP contribution in [0.4, 0.5) is 0 Å². The third-order valence-electron chi connectivity index (χ3n) is 2.59. The van der Waals surface area contributed by atoms with Crippen LogP contribution in [0.2, 0.25) is 0 Å². The standard InChI is InChI=1S/C8H16O.C7H8/c1-3-5-6-8(4-2)7-9;1-7-5-3-2-4-6-7/h7-8H,3-6H2,1-2H3;2-6H,1H3. The monoisotopic (exact) mass is 220 g/mol. The molecule has 1 aromatic rings. The molecular weight excluding hydrogens is 196 g/mol. The number of aryl methyl sites for hydroxylation is 1. The van der Waals surface area contributed by atoms with Gasteiger partial charge in [-0.25, -0.2) is 0 Å². The van der Waals surface area contributed by atoms with Crippen LogP contribution in [-0.2, 0) is 4.79 Å². The van der Waals surface area contributed by atoms with Gasteiger partial charge in [-0.15, -0.1) is 0 Å². The molecule has 1 heteroatoms. The van der Waals surface area contributed by atoms with Crippen molar-refractivity contribution in [3.05, 3.63) is 35.9 Å². The number of carbonyl (C=O) groups is 1. The average molecular weight is 220 g/mol. The molecule has 0 amide bonds. The Morgan fingerprint density at radius 1 is 1.19 bits per heavy atom. The SMILES string of the molecule is CCCCC(C=O)CC.Cc1ccccc1. The molecule has 1 unspecified atom stereocenters. The highest BCUT2D eigenvalue weighted by Crippen LogP contribution is 2.08. The molecule has 1 atom stereocenters. The molecular formula is C15H24O. The van der Waals surface area contributed by atoms with Gasteiger partial charge in [0.1, 0.15) is 6.29 Å². The van der Waals surface area contributed by atoms with Gasteiger partial charge in [-0.05, 0) is 19.8 Å². The number of aldehydes is 1. The van der Waals surface area contributed by atoms with Gasteiger partial charge in [-0.3, -0.25) is 0 Å². The molecule has 0 spiro atoms. The molecule has 0 aliphatic heterocycles. The maximum absolute atomic E-state index is 10.2. The highest BCUT2D eigenvalue weighted by molar-refractivity contribution is 5.53. The molecule has 0 aromatic heterocycles. The van der Waals surface area contributed by atoms with Crippen molar-refractivity contribution in [1.82, 2.24) is 0 Å². The summed E-state index contributed by atoms with van der Waals surface area (Å²) in [6, 6.07) is 10.3. The highest BCUT2D eigenvalue weighted by atomic mass is 16.1. The first-order valence-corrected chi connectivity index (χ1v) is 6.21. The summed E-state index contributed by atoms with van der Waals surface area (Å²) in [6.45, 7) is 6.30. The third kappa shape index (κ3) is 8.22. The molecule has 0 saturated carbocycles. The molecule has 0 aliphatic rings. The highest BCUT2D eigenvalue weighted by Gasteiger charge is 2.01. The minimum atomic E-state index is 0.324. The van der Waals surface area contributed by atoms with Crippen molar-refractivity contribution in [2.45, 2.75) is 46.5 Å². The Labute approximate surface area is 99.9 Å². The summed E-state index contributed by atoms with van der Waals surface area (Å²) in [5.74, 6) is 0.324. The minimum absolute atomic E-state index is 0.324. The number of hydrogen-bond donors (Lipinski definition) is 0. The summed E-state index contributed by atoms with van der Waals surface area (Å²) in [7, 11) is 0. The normalized spacial score (nSPS) is 11.2. The second-order valence-electron chi connectivity index (χ2n) is 4.10. The van der Waals surface area contributed by atoms with Crippen LogP contribution in [0.1, 0.15) is 45.1 Å². The van der Waals surface area contributed by atoms with E-state index in [1.165, 1.54) is 18.4 Å².